The lowest BCUT2D eigenvalue weighted by Crippen LogP contribution is -2.01. The average Bonchev–Trinajstić information content (AvgIpc) is 2.89. The van der Waals surface area contributed by atoms with Crippen molar-refractivity contribution in [1.82, 2.24) is 9.78 Å². The summed E-state index contributed by atoms with van der Waals surface area (Å²) < 4.78 is 28.3. The van der Waals surface area contributed by atoms with Crippen LogP contribution in [0.15, 0.2) is 54.6 Å². The van der Waals surface area contributed by atoms with Crippen molar-refractivity contribution in [2.45, 2.75) is 13.8 Å². The summed E-state index contributed by atoms with van der Waals surface area (Å²) in [6, 6.07) is 12.7. The van der Waals surface area contributed by atoms with Gasteiger partial charge in [0.2, 0.25) is 0 Å². The summed E-state index contributed by atoms with van der Waals surface area (Å²) in [5.41, 5.74) is 2.78. The van der Waals surface area contributed by atoms with Crippen LogP contribution in [0, 0.1) is 25.5 Å². The van der Waals surface area contributed by atoms with Crippen molar-refractivity contribution in [3.05, 3.63) is 88.8 Å². The van der Waals surface area contributed by atoms with Crippen LogP contribution in [0.25, 0.3) is 11.8 Å². The molecule has 0 amide bonds. The first-order chi connectivity index (χ1) is 12.0. The summed E-state index contributed by atoms with van der Waals surface area (Å²) in [6.45, 7) is 3.57. The lowest BCUT2D eigenvalue weighted by molar-refractivity contribution is 0.104. The van der Waals surface area contributed by atoms with E-state index in [2.05, 4.69) is 5.10 Å². The molecule has 0 N–H and O–H groups in total. The van der Waals surface area contributed by atoms with E-state index < -0.39 is 11.6 Å². The number of aryl methyl sites for hydroxylation is 1. The molecule has 1 aromatic heterocycles. The molecule has 0 saturated carbocycles. The van der Waals surface area contributed by atoms with Crippen molar-refractivity contribution >= 4 is 11.9 Å². The van der Waals surface area contributed by atoms with E-state index in [1.165, 1.54) is 18.2 Å². The van der Waals surface area contributed by atoms with Gasteiger partial charge in [-0.1, -0.05) is 18.2 Å². The Labute approximate surface area is 144 Å². The number of hydrogen-bond donors (Lipinski definition) is 0. The van der Waals surface area contributed by atoms with Crippen molar-refractivity contribution in [2.24, 2.45) is 0 Å². The summed E-state index contributed by atoms with van der Waals surface area (Å²) in [7, 11) is 0. The SMILES string of the molecule is Cc1nn(-c2ccccc2)c(C)c1C(=O)C=Cc1ccc(F)cc1F. The minimum absolute atomic E-state index is 0.153. The second-order valence-corrected chi connectivity index (χ2v) is 5.66. The van der Waals surface area contributed by atoms with Gasteiger partial charge in [0.1, 0.15) is 11.6 Å². The van der Waals surface area contributed by atoms with E-state index in [0.29, 0.717) is 17.0 Å². The van der Waals surface area contributed by atoms with Crippen LogP contribution in [0.5, 0.6) is 0 Å². The number of para-hydroxylation sites is 1. The fourth-order valence-corrected chi connectivity index (χ4v) is 2.71. The molecule has 0 atom stereocenters. The quantitative estimate of drug-likeness (QED) is 0.512. The predicted molar refractivity (Wildman–Crippen MR) is 92.8 cm³/mol. The van der Waals surface area contributed by atoms with Crippen molar-refractivity contribution < 1.29 is 13.6 Å². The van der Waals surface area contributed by atoms with Crippen LogP contribution in [0.1, 0.15) is 27.3 Å². The first-order valence-corrected chi connectivity index (χ1v) is 7.76. The van der Waals surface area contributed by atoms with Crippen LogP contribution < -0.4 is 0 Å². The third-order valence-electron chi connectivity index (χ3n) is 3.92. The second kappa shape index (κ2) is 6.81. The van der Waals surface area contributed by atoms with Crippen LogP contribution in [0.3, 0.4) is 0 Å². The molecule has 3 rings (SSSR count). The fourth-order valence-electron chi connectivity index (χ4n) is 2.71. The van der Waals surface area contributed by atoms with Gasteiger partial charge in [0.15, 0.2) is 5.78 Å². The van der Waals surface area contributed by atoms with Crippen LogP contribution in [-0.4, -0.2) is 15.6 Å². The molecule has 126 valence electrons. The van der Waals surface area contributed by atoms with Crippen molar-refractivity contribution in [3.8, 4) is 5.69 Å². The van der Waals surface area contributed by atoms with Crippen molar-refractivity contribution in [2.75, 3.05) is 0 Å². The molecule has 0 saturated heterocycles. The van der Waals surface area contributed by atoms with Gasteiger partial charge in [0.05, 0.1) is 22.6 Å². The smallest absolute Gasteiger partial charge is 0.189 e. The molecule has 5 heteroatoms. The third-order valence-corrected chi connectivity index (χ3v) is 3.92. The van der Waals surface area contributed by atoms with Crippen molar-refractivity contribution in [1.29, 1.82) is 0 Å². The van der Waals surface area contributed by atoms with Crippen LogP contribution in [0.2, 0.25) is 0 Å². The molecule has 0 bridgehead atoms. The van der Waals surface area contributed by atoms with E-state index in [9.17, 15) is 13.6 Å². The van der Waals surface area contributed by atoms with E-state index in [-0.39, 0.29) is 11.3 Å². The highest BCUT2D eigenvalue weighted by atomic mass is 19.1. The fraction of sp³-hybridized carbons (Fsp3) is 0.100. The Hall–Kier alpha value is -3.08. The molecule has 3 nitrogen and oxygen atoms in total. The average molecular weight is 338 g/mol. The van der Waals surface area contributed by atoms with Crippen LogP contribution >= 0.6 is 0 Å². The third kappa shape index (κ3) is 3.40. The van der Waals surface area contributed by atoms with Crippen LogP contribution in [0.4, 0.5) is 8.78 Å². The maximum Gasteiger partial charge on any atom is 0.189 e. The minimum atomic E-state index is -0.711. The number of ketones is 1. The number of rotatable bonds is 4. The maximum atomic E-state index is 13.7. The highest BCUT2D eigenvalue weighted by molar-refractivity contribution is 6.08. The first-order valence-electron chi connectivity index (χ1n) is 7.76. The number of carbonyl (C=O) groups excluding carboxylic acids is 1. The predicted octanol–water partition coefficient (Wildman–Crippen LogP) is 4.66. The highest BCUT2D eigenvalue weighted by Crippen LogP contribution is 2.19. The van der Waals surface area contributed by atoms with Gasteiger partial charge < -0.3 is 0 Å². The monoisotopic (exact) mass is 338 g/mol. The summed E-state index contributed by atoms with van der Waals surface area (Å²) in [5, 5.41) is 4.42. The van der Waals surface area contributed by atoms with E-state index in [4.69, 9.17) is 0 Å². The number of hydrogen-bond acceptors (Lipinski definition) is 2. The summed E-state index contributed by atoms with van der Waals surface area (Å²) in [4.78, 5) is 12.5. The Kier molecular flexibility index (Phi) is 4.57. The molecule has 3 aromatic rings. The molecule has 0 spiro atoms. The Morgan fingerprint density at radius 3 is 2.48 bits per heavy atom. The Bertz CT molecular complexity index is 959. The van der Waals surface area contributed by atoms with E-state index in [0.717, 1.165) is 17.8 Å². The van der Waals surface area contributed by atoms with Gasteiger partial charge in [0.25, 0.3) is 0 Å². The Balaban J connectivity index is 1.93. The topological polar surface area (TPSA) is 34.9 Å². The van der Waals surface area contributed by atoms with Gasteiger partial charge in [-0.15, -0.1) is 0 Å². The van der Waals surface area contributed by atoms with E-state index in [1.54, 1.807) is 11.6 Å². The van der Waals surface area contributed by atoms with Gasteiger partial charge in [-0.25, -0.2) is 13.5 Å². The molecule has 1 heterocycles. The lowest BCUT2D eigenvalue weighted by Gasteiger charge is -2.04. The molecule has 0 fully saturated rings. The van der Waals surface area contributed by atoms with Gasteiger partial charge >= 0.3 is 0 Å². The van der Waals surface area contributed by atoms with Gasteiger partial charge in [-0.05, 0) is 50.3 Å². The second-order valence-electron chi connectivity index (χ2n) is 5.66. The summed E-state index contributed by atoms with van der Waals surface area (Å²) in [5.74, 6) is -1.64. The highest BCUT2D eigenvalue weighted by Gasteiger charge is 2.17. The molecule has 0 aliphatic carbocycles. The van der Waals surface area contributed by atoms with Gasteiger partial charge in [0, 0.05) is 11.6 Å². The molecule has 25 heavy (non-hydrogen) atoms. The standard InChI is InChI=1S/C20H16F2N2O/c1-13-20(14(2)24(23-13)17-6-4-3-5-7-17)19(25)11-9-15-8-10-16(21)12-18(15)22/h3-12H,1-2H3. The number of halogens is 2. The zero-order valence-corrected chi connectivity index (χ0v) is 13.8. The van der Waals surface area contributed by atoms with E-state index in [1.807, 2.05) is 37.3 Å². The van der Waals surface area contributed by atoms with Crippen LogP contribution in [-0.2, 0) is 0 Å². The molecule has 0 unspecified atom stereocenters. The number of aromatic nitrogens is 2. The van der Waals surface area contributed by atoms with Gasteiger partial charge in [-0.3, -0.25) is 4.79 Å². The Morgan fingerprint density at radius 1 is 1.08 bits per heavy atom. The molecule has 0 radical (unpaired) electrons. The molecular weight excluding hydrogens is 322 g/mol. The number of nitrogens with zero attached hydrogens (tertiary/aromatic N) is 2. The summed E-state index contributed by atoms with van der Waals surface area (Å²) >= 11 is 0. The zero-order valence-electron chi connectivity index (χ0n) is 13.8. The maximum absolute atomic E-state index is 13.7. The minimum Gasteiger partial charge on any atom is -0.289 e. The lowest BCUT2D eigenvalue weighted by atomic mass is 10.1. The summed E-state index contributed by atoms with van der Waals surface area (Å²) in [6.07, 6.45) is 2.62. The molecule has 0 aliphatic rings. The molecule has 0 aliphatic heterocycles. The molecule has 2 aromatic carbocycles. The van der Waals surface area contributed by atoms with E-state index >= 15 is 0 Å². The molecular formula is C20H16F2N2O. The number of carbonyl (C=O) groups is 1. The van der Waals surface area contributed by atoms with Crippen molar-refractivity contribution in [3.63, 3.8) is 0 Å². The van der Waals surface area contributed by atoms with Gasteiger partial charge in [-0.2, -0.15) is 5.10 Å². The largest absolute Gasteiger partial charge is 0.289 e. The zero-order chi connectivity index (χ0) is 18.0. The normalized spacial score (nSPS) is 11.2. The Morgan fingerprint density at radius 2 is 1.80 bits per heavy atom. The number of benzene rings is 2. The first kappa shape index (κ1) is 16.8. The number of allylic oxidation sites excluding steroid dienone is 1.